The number of fused-ring (bicyclic) bond motifs is 3. The lowest BCUT2D eigenvalue weighted by atomic mass is 10.1. The van der Waals surface area contributed by atoms with Crippen molar-refractivity contribution in [2.45, 2.75) is 25.9 Å². The monoisotopic (exact) mass is 441 g/mol. The lowest BCUT2D eigenvalue weighted by molar-refractivity contribution is -0.124. The minimum Gasteiger partial charge on any atom is -0.495 e. The standard InChI is InChI=1S/C25H23N5O3/c1-16-9-10-22(33-2)19(12-16)27-23(31)13-21-24(32)29(15-17-6-5-11-26-14-17)25-28-18-7-3-4-8-20(18)30(21)25/h3-12,14,21H,13,15H2,1-2H3,(H,27,31)/t21-/m1/s1. The molecular formula is C25H23N5O3. The summed E-state index contributed by atoms with van der Waals surface area (Å²) in [4.78, 5) is 37.0. The number of benzene rings is 2. The van der Waals surface area contributed by atoms with Crippen molar-refractivity contribution in [3.05, 3.63) is 78.1 Å². The van der Waals surface area contributed by atoms with Crippen LogP contribution in [0.15, 0.2) is 67.0 Å². The summed E-state index contributed by atoms with van der Waals surface area (Å²) in [5.41, 5.74) is 4.06. The number of imidazole rings is 1. The zero-order valence-corrected chi connectivity index (χ0v) is 18.4. The van der Waals surface area contributed by atoms with E-state index in [1.165, 1.54) is 0 Å². The van der Waals surface area contributed by atoms with Gasteiger partial charge in [-0.25, -0.2) is 4.98 Å². The zero-order valence-electron chi connectivity index (χ0n) is 18.4. The summed E-state index contributed by atoms with van der Waals surface area (Å²) in [5.74, 6) is 0.664. The Kier molecular flexibility index (Phi) is 5.26. The Morgan fingerprint density at radius 3 is 2.79 bits per heavy atom. The van der Waals surface area contributed by atoms with Gasteiger partial charge in [-0.05, 0) is 48.4 Å². The number of anilines is 2. The second-order valence-corrected chi connectivity index (χ2v) is 8.03. The normalized spacial score (nSPS) is 15.0. The number of para-hydroxylation sites is 2. The predicted molar refractivity (Wildman–Crippen MR) is 125 cm³/mol. The first-order valence-electron chi connectivity index (χ1n) is 10.7. The number of pyridine rings is 1. The summed E-state index contributed by atoms with van der Waals surface area (Å²) in [6.45, 7) is 2.27. The predicted octanol–water partition coefficient (Wildman–Crippen LogP) is 3.87. The molecule has 0 bridgehead atoms. The number of ether oxygens (including phenoxy) is 1. The molecule has 8 nitrogen and oxygen atoms in total. The molecule has 2 aromatic carbocycles. The van der Waals surface area contributed by atoms with Crippen LogP contribution >= 0.6 is 0 Å². The summed E-state index contributed by atoms with van der Waals surface area (Å²) >= 11 is 0. The summed E-state index contributed by atoms with van der Waals surface area (Å²) in [7, 11) is 1.56. The van der Waals surface area contributed by atoms with Gasteiger partial charge in [-0.3, -0.25) is 24.0 Å². The van der Waals surface area contributed by atoms with Crippen LogP contribution in [0, 0.1) is 6.92 Å². The summed E-state index contributed by atoms with van der Waals surface area (Å²) in [5, 5.41) is 2.91. The maximum Gasteiger partial charge on any atom is 0.253 e. The van der Waals surface area contributed by atoms with E-state index < -0.39 is 6.04 Å². The van der Waals surface area contributed by atoms with Crippen LogP contribution in [0.5, 0.6) is 5.75 Å². The van der Waals surface area contributed by atoms with E-state index in [1.54, 1.807) is 24.4 Å². The molecule has 0 unspecified atom stereocenters. The van der Waals surface area contributed by atoms with Crippen molar-refractivity contribution in [3.8, 4) is 5.75 Å². The highest BCUT2D eigenvalue weighted by molar-refractivity contribution is 6.05. The lowest BCUT2D eigenvalue weighted by Gasteiger charge is -2.16. The Balaban J connectivity index is 1.47. The van der Waals surface area contributed by atoms with Gasteiger partial charge in [-0.1, -0.05) is 24.3 Å². The van der Waals surface area contributed by atoms with Gasteiger partial charge >= 0.3 is 0 Å². The Morgan fingerprint density at radius 1 is 1.15 bits per heavy atom. The fourth-order valence-electron chi connectivity index (χ4n) is 4.22. The van der Waals surface area contributed by atoms with Crippen LogP contribution in [0.3, 0.4) is 0 Å². The molecule has 0 saturated carbocycles. The van der Waals surface area contributed by atoms with Gasteiger partial charge in [0.25, 0.3) is 5.91 Å². The van der Waals surface area contributed by atoms with Crippen LogP contribution in [0.4, 0.5) is 11.6 Å². The lowest BCUT2D eigenvalue weighted by Crippen LogP contribution is -2.31. The molecule has 5 rings (SSSR count). The molecule has 8 heteroatoms. The van der Waals surface area contributed by atoms with Gasteiger partial charge < -0.3 is 10.1 Å². The average Bonchev–Trinajstić information content (AvgIpc) is 3.31. The van der Waals surface area contributed by atoms with Gasteiger partial charge in [0.15, 0.2) is 0 Å². The second kappa shape index (κ2) is 8.38. The van der Waals surface area contributed by atoms with Crippen molar-refractivity contribution < 1.29 is 14.3 Å². The first-order valence-corrected chi connectivity index (χ1v) is 10.7. The Bertz CT molecular complexity index is 1350. The zero-order chi connectivity index (χ0) is 22.9. The average molecular weight is 441 g/mol. The quantitative estimate of drug-likeness (QED) is 0.491. The summed E-state index contributed by atoms with van der Waals surface area (Å²) in [6.07, 6.45) is 3.40. The van der Waals surface area contributed by atoms with Gasteiger partial charge in [-0.2, -0.15) is 0 Å². The molecule has 2 aromatic heterocycles. The van der Waals surface area contributed by atoms with Crippen molar-refractivity contribution in [2.24, 2.45) is 0 Å². The number of amides is 2. The van der Waals surface area contributed by atoms with E-state index in [1.807, 2.05) is 66.1 Å². The maximum atomic E-state index is 13.5. The number of methoxy groups -OCH3 is 1. The highest BCUT2D eigenvalue weighted by Gasteiger charge is 2.41. The number of carbonyl (C=O) groups excluding carboxylic acids is 2. The molecule has 0 radical (unpaired) electrons. The third kappa shape index (κ3) is 3.80. The smallest absolute Gasteiger partial charge is 0.253 e. The molecule has 166 valence electrons. The van der Waals surface area contributed by atoms with Crippen molar-refractivity contribution in [1.29, 1.82) is 0 Å². The molecule has 1 atom stereocenters. The van der Waals surface area contributed by atoms with Crippen LogP contribution in [0.2, 0.25) is 0 Å². The van der Waals surface area contributed by atoms with Crippen molar-refractivity contribution in [2.75, 3.05) is 17.3 Å². The Labute approximate surface area is 190 Å². The van der Waals surface area contributed by atoms with E-state index in [0.717, 1.165) is 22.2 Å². The van der Waals surface area contributed by atoms with Crippen LogP contribution in [0.25, 0.3) is 11.0 Å². The molecule has 0 aliphatic carbocycles. The van der Waals surface area contributed by atoms with Crippen LogP contribution in [-0.2, 0) is 16.1 Å². The number of aromatic nitrogens is 3. The Hall–Kier alpha value is -4.20. The second-order valence-electron chi connectivity index (χ2n) is 8.03. The Morgan fingerprint density at radius 2 is 2.00 bits per heavy atom. The molecule has 0 spiro atoms. The van der Waals surface area contributed by atoms with E-state index in [4.69, 9.17) is 9.72 Å². The highest BCUT2D eigenvalue weighted by Crippen LogP contribution is 2.37. The number of aryl methyl sites for hydroxylation is 1. The van der Waals surface area contributed by atoms with E-state index in [9.17, 15) is 9.59 Å². The number of nitrogens with one attached hydrogen (secondary N) is 1. The van der Waals surface area contributed by atoms with Crippen molar-refractivity contribution >= 4 is 34.5 Å². The minimum atomic E-state index is -0.695. The fraction of sp³-hybridized carbons (Fsp3) is 0.200. The molecule has 0 saturated heterocycles. The fourth-order valence-corrected chi connectivity index (χ4v) is 4.22. The summed E-state index contributed by atoms with van der Waals surface area (Å²) < 4.78 is 7.23. The van der Waals surface area contributed by atoms with Crippen molar-refractivity contribution in [3.63, 3.8) is 0 Å². The third-order valence-corrected chi connectivity index (χ3v) is 5.75. The van der Waals surface area contributed by atoms with Gasteiger partial charge in [-0.15, -0.1) is 0 Å². The molecule has 0 fully saturated rings. The van der Waals surface area contributed by atoms with Gasteiger partial charge in [0.05, 0.1) is 36.8 Å². The third-order valence-electron chi connectivity index (χ3n) is 5.75. The number of hydrogen-bond donors (Lipinski definition) is 1. The number of rotatable bonds is 6. The molecule has 33 heavy (non-hydrogen) atoms. The number of nitrogens with zero attached hydrogens (tertiary/aromatic N) is 4. The minimum absolute atomic E-state index is 0.0210. The number of hydrogen-bond acceptors (Lipinski definition) is 5. The van der Waals surface area contributed by atoms with Crippen LogP contribution in [0.1, 0.15) is 23.6 Å². The molecule has 1 N–H and O–H groups in total. The van der Waals surface area contributed by atoms with E-state index in [2.05, 4.69) is 10.3 Å². The molecule has 2 amide bonds. The van der Waals surface area contributed by atoms with Gasteiger partial charge in [0, 0.05) is 12.4 Å². The van der Waals surface area contributed by atoms with Gasteiger partial charge in [0.1, 0.15) is 11.8 Å². The molecular weight excluding hydrogens is 418 g/mol. The molecule has 3 heterocycles. The van der Waals surface area contributed by atoms with Crippen LogP contribution < -0.4 is 15.0 Å². The van der Waals surface area contributed by atoms with Gasteiger partial charge in [0.2, 0.25) is 11.9 Å². The largest absolute Gasteiger partial charge is 0.495 e. The molecule has 1 aliphatic rings. The van der Waals surface area contributed by atoms with Crippen LogP contribution in [-0.4, -0.2) is 33.5 Å². The van der Waals surface area contributed by atoms with Crippen molar-refractivity contribution in [1.82, 2.24) is 14.5 Å². The molecule has 4 aromatic rings. The summed E-state index contributed by atoms with van der Waals surface area (Å²) in [6, 6.07) is 16.3. The SMILES string of the molecule is COc1ccc(C)cc1NC(=O)C[C@@H]1C(=O)N(Cc2cccnc2)c2nc3ccccc3n21. The van der Waals surface area contributed by atoms with E-state index >= 15 is 0 Å². The number of carbonyl (C=O) groups is 2. The van der Waals surface area contributed by atoms with E-state index in [0.29, 0.717) is 23.9 Å². The maximum absolute atomic E-state index is 13.5. The topological polar surface area (TPSA) is 89.3 Å². The van der Waals surface area contributed by atoms with E-state index in [-0.39, 0.29) is 18.2 Å². The first-order chi connectivity index (χ1) is 16.0. The first kappa shape index (κ1) is 20.7. The molecule has 1 aliphatic heterocycles. The highest BCUT2D eigenvalue weighted by atomic mass is 16.5.